The average Bonchev–Trinajstić information content (AvgIpc) is 2.72. The van der Waals surface area contributed by atoms with Gasteiger partial charge in [0.15, 0.2) is 0 Å². The lowest BCUT2D eigenvalue weighted by atomic mass is 10.1. The van der Waals surface area contributed by atoms with Gasteiger partial charge >= 0.3 is 6.09 Å². The van der Waals surface area contributed by atoms with E-state index in [9.17, 15) is 14.3 Å². The molecule has 2 atom stereocenters. The van der Waals surface area contributed by atoms with Crippen molar-refractivity contribution >= 4 is 17.7 Å². The Kier molecular flexibility index (Phi) is 4.39. The molecule has 1 saturated heterocycles. The summed E-state index contributed by atoms with van der Waals surface area (Å²) >= 11 is 5.99. The van der Waals surface area contributed by atoms with Crippen LogP contribution in [0.5, 0.6) is 0 Å². The second-order valence-corrected chi connectivity index (χ2v) is 6.43. The van der Waals surface area contributed by atoms with Crippen molar-refractivity contribution in [2.24, 2.45) is 0 Å². The SMILES string of the molecule is CC(C)(C)OC(=O)N1C[C@H](O)C[C@@H]1c1cc(F)cnc1Cl. The second-order valence-electron chi connectivity index (χ2n) is 6.07. The highest BCUT2D eigenvalue weighted by molar-refractivity contribution is 6.30. The summed E-state index contributed by atoms with van der Waals surface area (Å²) in [4.78, 5) is 17.3. The highest BCUT2D eigenvalue weighted by Gasteiger charge is 2.39. The summed E-state index contributed by atoms with van der Waals surface area (Å²) in [6, 6.07) is 0.681. The first-order valence-electron chi connectivity index (χ1n) is 6.66. The van der Waals surface area contributed by atoms with Gasteiger partial charge in [0, 0.05) is 5.56 Å². The van der Waals surface area contributed by atoms with Gasteiger partial charge in [-0.2, -0.15) is 0 Å². The Morgan fingerprint density at radius 1 is 1.57 bits per heavy atom. The van der Waals surface area contributed by atoms with Crippen molar-refractivity contribution in [3.63, 3.8) is 0 Å². The number of aromatic nitrogens is 1. The lowest BCUT2D eigenvalue weighted by Gasteiger charge is -2.28. The van der Waals surface area contributed by atoms with Gasteiger partial charge in [0.25, 0.3) is 0 Å². The van der Waals surface area contributed by atoms with E-state index in [4.69, 9.17) is 16.3 Å². The fraction of sp³-hybridized carbons (Fsp3) is 0.571. The molecule has 0 aliphatic carbocycles. The van der Waals surface area contributed by atoms with Crippen molar-refractivity contribution < 1.29 is 19.0 Å². The molecule has 0 aromatic carbocycles. The number of β-amino-alcohol motifs (C(OH)–C–C–N with tert-alkyl or cyclic N) is 1. The third-order valence-corrected chi connectivity index (χ3v) is 3.41. The van der Waals surface area contributed by atoms with Crippen LogP contribution in [0.15, 0.2) is 12.3 Å². The van der Waals surface area contributed by atoms with Crippen LogP contribution >= 0.6 is 11.6 Å². The van der Waals surface area contributed by atoms with E-state index in [-0.39, 0.29) is 18.1 Å². The van der Waals surface area contributed by atoms with E-state index in [1.165, 1.54) is 11.0 Å². The molecule has 0 saturated carbocycles. The van der Waals surface area contributed by atoms with Gasteiger partial charge in [-0.25, -0.2) is 14.2 Å². The van der Waals surface area contributed by atoms with Crippen LogP contribution in [-0.2, 0) is 4.74 Å². The van der Waals surface area contributed by atoms with E-state index < -0.39 is 29.7 Å². The number of hydrogen-bond acceptors (Lipinski definition) is 4. The number of rotatable bonds is 1. The fourth-order valence-corrected chi connectivity index (χ4v) is 2.53. The number of aliphatic hydroxyl groups excluding tert-OH is 1. The molecule has 1 N–H and O–H groups in total. The number of pyridine rings is 1. The highest BCUT2D eigenvalue weighted by Crippen LogP contribution is 2.36. The first-order chi connectivity index (χ1) is 9.67. The Bertz CT molecular complexity index is 548. The third-order valence-electron chi connectivity index (χ3n) is 3.10. The number of nitrogens with zero attached hydrogens (tertiary/aromatic N) is 2. The molecule has 5 nitrogen and oxygen atoms in total. The lowest BCUT2D eigenvalue weighted by Crippen LogP contribution is -2.37. The first-order valence-corrected chi connectivity index (χ1v) is 7.04. The predicted molar refractivity (Wildman–Crippen MR) is 75.5 cm³/mol. The normalized spacial score (nSPS) is 22.5. The zero-order chi connectivity index (χ0) is 15.8. The molecule has 2 heterocycles. The highest BCUT2D eigenvalue weighted by atomic mass is 35.5. The Labute approximate surface area is 127 Å². The third kappa shape index (κ3) is 3.83. The van der Waals surface area contributed by atoms with Crippen LogP contribution in [0.4, 0.5) is 9.18 Å². The van der Waals surface area contributed by atoms with Crippen LogP contribution in [0.2, 0.25) is 5.15 Å². The van der Waals surface area contributed by atoms with E-state index in [0.717, 1.165) is 6.20 Å². The number of carbonyl (C=O) groups excluding carboxylic acids is 1. The van der Waals surface area contributed by atoms with Gasteiger partial charge in [-0.1, -0.05) is 11.6 Å². The van der Waals surface area contributed by atoms with Crippen molar-refractivity contribution in [3.05, 3.63) is 28.8 Å². The average molecular weight is 317 g/mol. The summed E-state index contributed by atoms with van der Waals surface area (Å²) in [6.45, 7) is 5.38. The van der Waals surface area contributed by atoms with E-state index in [1.54, 1.807) is 20.8 Å². The van der Waals surface area contributed by atoms with Crippen molar-refractivity contribution in [1.82, 2.24) is 9.88 Å². The maximum Gasteiger partial charge on any atom is 0.410 e. The topological polar surface area (TPSA) is 62.7 Å². The van der Waals surface area contributed by atoms with Crippen LogP contribution in [0.3, 0.4) is 0 Å². The molecule has 2 rings (SSSR count). The van der Waals surface area contributed by atoms with Crippen LogP contribution in [-0.4, -0.2) is 39.3 Å². The van der Waals surface area contributed by atoms with E-state index in [2.05, 4.69) is 4.98 Å². The molecule has 0 unspecified atom stereocenters. The zero-order valence-electron chi connectivity index (χ0n) is 12.1. The molecule has 1 aromatic heterocycles. The van der Waals surface area contributed by atoms with Gasteiger partial charge in [0.2, 0.25) is 0 Å². The number of likely N-dealkylation sites (tertiary alicyclic amines) is 1. The standard InChI is InChI=1S/C14H18ClFN2O3/c1-14(2,3)21-13(20)18-7-9(19)5-11(18)10-4-8(16)6-17-12(10)15/h4,6,9,11,19H,5,7H2,1-3H3/t9-,11-/m1/s1. The van der Waals surface area contributed by atoms with Crippen LogP contribution in [0.25, 0.3) is 0 Å². The summed E-state index contributed by atoms with van der Waals surface area (Å²) in [5, 5.41) is 9.95. The first kappa shape index (κ1) is 16.0. The lowest BCUT2D eigenvalue weighted by molar-refractivity contribution is 0.0206. The number of hydrogen-bond donors (Lipinski definition) is 1. The fourth-order valence-electron chi connectivity index (χ4n) is 2.30. The van der Waals surface area contributed by atoms with Gasteiger partial charge in [-0.3, -0.25) is 4.90 Å². The van der Waals surface area contributed by atoms with E-state index >= 15 is 0 Å². The summed E-state index contributed by atoms with van der Waals surface area (Å²) in [7, 11) is 0. The zero-order valence-corrected chi connectivity index (χ0v) is 12.9. The summed E-state index contributed by atoms with van der Waals surface area (Å²) in [5.74, 6) is -0.542. The smallest absolute Gasteiger partial charge is 0.410 e. The Balaban J connectivity index is 2.28. The van der Waals surface area contributed by atoms with Crippen molar-refractivity contribution in [1.29, 1.82) is 0 Å². The Morgan fingerprint density at radius 2 is 2.24 bits per heavy atom. The van der Waals surface area contributed by atoms with Gasteiger partial charge < -0.3 is 9.84 Å². The summed E-state index contributed by atoms with van der Waals surface area (Å²) in [6.07, 6.45) is 0.00490. The quantitative estimate of drug-likeness (QED) is 0.809. The number of halogens is 2. The van der Waals surface area contributed by atoms with Crippen LogP contribution < -0.4 is 0 Å². The largest absolute Gasteiger partial charge is 0.444 e. The minimum Gasteiger partial charge on any atom is -0.444 e. The van der Waals surface area contributed by atoms with Crippen molar-refractivity contribution in [2.75, 3.05) is 6.54 Å². The summed E-state index contributed by atoms with van der Waals surface area (Å²) < 4.78 is 18.7. The molecular formula is C14H18ClFN2O3. The Morgan fingerprint density at radius 3 is 2.86 bits per heavy atom. The van der Waals surface area contributed by atoms with Gasteiger partial charge in [-0.05, 0) is 33.3 Å². The minimum atomic E-state index is -0.707. The van der Waals surface area contributed by atoms with Crippen molar-refractivity contribution in [2.45, 2.75) is 44.9 Å². The van der Waals surface area contributed by atoms with Crippen LogP contribution in [0.1, 0.15) is 38.8 Å². The molecule has 21 heavy (non-hydrogen) atoms. The van der Waals surface area contributed by atoms with E-state index in [1.807, 2.05) is 0 Å². The number of ether oxygens (including phenoxy) is 1. The monoisotopic (exact) mass is 316 g/mol. The number of aliphatic hydroxyl groups is 1. The maximum atomic E-state index is 13.4. The molecule has 0 bridgehead atoms. The maximum absolute atomic E-state index is 13.4. The van der Waals surface area contributed by atoms with Gasteiger partial charge in [0.1, 0.15) is 16.6 Å². The summed E-state index contributed by atoms with van der Waals surface area (Å²) in [5.41, 5.74) is -0.279. The molecule has 1 aromatic rings. The van der Waals surface area contributed by atoms with Crippen molar-refractivity contribution in [3.8, 4) is 0 Å². The van der Waals surface area contributed by atoms with E-state index in [0.29, 0.717) is 5.56 Å². The number of carbonyl (C=O) groups is 1. The molecule has 1 fully saturated rings. The van der Waals surface area contributed by atoms with Gasteiger partial charge in [-0.15, -0.1) is 0 Å². The molecular weight excluding hydrogens is 299 g/mol. The molecule has 7 heteroatoms. The van der Waals surface area contributed by atoms with Crippen LogP contribution in [0, 0.1) is 5.82 Å². The molecule has 1 amide bonds. The molecule has 1 aliphatic rings. The molecule has 1 aliphatic heterocycles. The molecule has 116 valence electrons. The number of amides is 1. The Hall–Kier alpha value is -1.40. The minimum absolute atomic E-state index is 0.115. The van der Waals surface area contributed by atoms with Gasteiger partial charge in [0.05, 0.1) is 24.9 Å². The molecule has 0 radical (unpaired) electrons. The predicted octanol–water partition coefficient (Wildman–Crippen LogP) is 2.92. The second kappa shape index (κ2) is 5.77. The molecule has 0 spiro atoms.